The van der Waals surface area contributed by atoms with Crippen LogP contribution >= 0.6 is 34.0 Å². The first kappa shape index (κ1) is 14.9. The third-order valence-electron chi connectivity index (χ3n) is 2.35. The van der Waals surface area contributed by atoms with Crippen LogP contribution in [0.2, 0.25) is 0 Å². The van der Waals surface area contributed by atoms with Crippen molar-refractivity contribution >= 4 is 34.0 Å². The molecule has 0 aromatic heterocycles. The fourth-order valence-electron chi connectivity index (χ4n) is 1.66. The first-order chi connectivity index (χ1) is 6.38. The Morgan fingerprint density at radius 1 is 1.13 bits per heavy atom. The largest absolute Gasteiger partial charge is 0.508 e. The van der Waals surface area contributed by atoms with Gasteiger partial charge in [-0.25, -0.2) is 0 Å². The lowest BCUT2D eigenvalue weighted by Gasteiger charge is -2.25. The molecule has 0 radical (unpaired) electrons. The molecule has 1 atom stereocenters. The monoisotopic (exact) mass is 338 g/mol. The molecule has 1 unspecified atom stereocenters. The number of benzene rings is 1. The number of rotatable bonds is 1. The van der Waals surface area contributed by atoms with E-state index in [0.717, 1.165) is 25.2 Å². The normalized spacial score (nSPS) is 19.9. The topological polar surface area (TPSA) is 44.3 Å². The standard InChI is InChI=1S/C10H14N2O.2BrH/c13-10-4-2-1-3-8(10)9-7-11-5-6-12-9;;/h1-4,9,11-13H,5-7H2;2*1H. The summed E-state index contributed by atoms with van der Waals surface area (Å²) < 4.78 is 0. The van der Waals surface area contributed by atoms with E-state index >= 15 is 0 Å². The highest BCUT2D eigenvalue weighted by Gasteiger charge is 2.16. The molecule has 1 saturated heterocycles. The van der Waals surface area contributed by atoms with E-state index < -0.39 is 0 Å². The molecule has 86 valence electrons. The lowest BCUT2D eigenvalue weighted by Crippen LogP contribution is -2.42. The van der Waals surface area contributed by atoms with Crippen molar-refractivity contribution in [3.63, 3.8) is 0 Å². The highest BCUT2D eigenvalue weighted by Crippen LogP contribution is 2.23. The van der Waals surface area contributed by atoms with Gasteiger partial charge in [0.05, 0.1) is 0 Å². The summed E-state index contributed by atoms with van der Waals surface area (Å²) in [5, 5.41) is 16.2. The Labute approximate surface area is 111 Å². The van der Waals surface area contributed by atoms with Crippen LogP contribution in [-0.4, -0.2) is 24.7 Å². The Morgan fingerprint density at radius 2 is 1.87 bits per heavy atom. The molecular formula is C10H16Br2N2O. The van der Waals surface area contributed by atoms with Crippen molar-refractivity contribution in [3.05, 3.63) is 29.8 Å². The van der Waals surface area contributed by atoms with Gasteiger partial charge >= 0.3 is 0 Å². The third-order valence-corrected chi connectivity index (χ3v) is 2.35. The maximum absolute atomic E-state index is 9.59. The lowest BCUT2D eigenvalue weighted by atomic mass is 10.0. The van der Waals surface area contributed by atoms with Gasteiger partial charge in [-0.3, -0.25) is 0 Å². The quantitative estimate of drug-likeness (QED) is 0.730. The molecule has 1 aliphatic rings. The van der Waals surface area contributed by atoms with Crippen LogP contribution in [0.5, 0.6) is 5.75 Å². The summed E-state index contributed by atoms with van der Waals surface area (Å²) in [4.78, 5) is 0. The Hall–Kier alpha value is -0.100. The van der Waals surface area contributed by atoms with Crippen LogP contribution in [0.3, 0.4) is 0 Å². The summed E-state index contributed by atoms with van der Waals surface area (Å²) >= 11 is 0. The Morgan fingerprint density at radius 3 is 2.47 bits per heavy atom. The predicted octanol–water partition coefficient (Wildman–Crippen LogP) is 1.78. The third kappa shape index (κ3) is 3.75. The lowest BCUT2D eigenvalue weighted by molar-refractivity contribution is 0.404. The van der Waals surface area contributed by atoms with Crippen LogP contribution in [0, 0.1) is 0 Å². The maximum Gasteiger partial charge on any atom is 0.120 e. The summed E-state index contributed by atoms with van der Waals surface area (Å²) in [6.45, 7) is 2.85. The van der Waals surface area contributed by atoms with Crippen LogP contribution in [0.1, 0.15) is 11.6 Å². The smallest absolute Gasteiger partial charge is 0.120 e. The molecule has 0 aliphatic carbocycles. The minimum absolute atomic E-state index is 0. The van der Waals surface area contributed by atoms with E-state index in [1.807, 2.05) is 18.2 Å². The van der Waals surface area contributed by atoms with Gasteiger partial charge in [-0.05, 0) is 6.07 Å². The van der Waals surface area contributed by atoms with E-state index in [2.05, 4.69) is 10.6 Å². The van der Waals surface area contributed by atoms with Gasteiger partial charge in [-0.15, -0.1) is 34.0 Å². The number of phenols is 1. The fourth-order valence-corrected chi connectivity index (χ4v) is 1.66. The van der Waals surface area contributed by atoms with Gasteiger partial charge in [-0.1, -0.05) is 18.2 Å². The van der Waals surface area contributed by atoms with E-state index in [1.54, 1.807) is 6.07 Å². The van der Waals surface area contributed by atoms with Crippen LogP contribution in [0.25, 0.3) is 0 Å². The molecular weight excluding hydrogens is 324 g/mol. The molecule has 0 saturated carbocycles. The van der Waals surface area contributed by atoms with Crippen molar-refractivity contribution in [2.75, 3.05) is 19.6 Å². The number of nitrogens with one attached hydrogen (secondary N) is 2. The first-order valence-corrected chi connectivity index (χ1v) is 4.60. The van der Waals surface area contributed by atoms with Crippen LogP contribution in [-0.2, 0) is 0 Å². The first-order valence-electron chi connectivity index (χ1n) is 4.60. The fraction of sp³-hybridized carbons (Fsp3) is 0.400. The van der Waals surface area contributed by atoms with E-state index in [1.165, 1.54) is 0 Å². The van der Waals surface area contributed by atoms with E-state index in [9.17, 15) is 5.11 Å². The zero-order valence-corrected chi connectivity index (χ0v) is 11.7. The highest BCUT2D eigenvalue weighted by atomic mass is 79.9. The number of hydrogen-bond acceptors (Lipinski definition) is 3. The zero-order valence-electron chi connectivity index (χ0n) is 8.27. The van der Waals surface area contributed by atoms with Gasteiger partial charge in [-0.2, -0.15) is 0 Å². The molecule has 1 aliphatic heterocycles. The molecule has 15 heavy (non-hydrogen) atoms. The SMILES string of the molecule is Br.Br.Oc1ccccc1C1CNCCN1. The number of halogens is 2. The highest BCUT2D eigenvalue weighted by molar-refractivity contribution is 8.93. The summed E-state index contributed by atoms with van der Waals surface area (Å²) in [6.07, 6.45) is 0. The molecule has 2 rings (SSSR count). The predicted molar refractivity (Wildman–Crippen MR) is 72.4 cm³/mol. The van der Waals surface area contributed by atoms with Gasteiger partial charge in [0, 0.05) is 31.2 Å². The zero-order chi connectivity index (χ0) is 9.10. The molecule has 3 nitrogen and oxygen atoms in total. The summed E-state index contributed by atoms with van der Waals surface area (Å²) in [7, 11) is 0. The van der Waals surface area contributed by atoms with Crippen LogP contribution in [0.15, 0.2) is 24.3 Å². The van der Waals surface area contributed by atoms with Crippen molar-refractivity contribution in [2.45, 2.75) is 6.04 Å². The number of para-hydroxylation sites is 1. The average Bonchev–Trinajstić information content (AvgIpc) is 2.20. The Bertz CT molecular complexity index is 291. The van der Waals surface area contributed by atoms with E-state index in [4.69, 9.17) is 0 Å². The molecule has 1 fully saturated rings. The minimum atomic E-state index is 0. The molecule has 3 N–H and O–H groups in total. The second kappa shape index (κ2) is 7.22. The summed E-state index contributed by atoms with van der Waals surface area (Å²) in [5.74, 6) is 0.378. The van der Waals surface area contributed by atoms with Crippen molar-refractivity contribution in [1.82, 2.24) is 10.6 Å². The van der Waals surface area contributed by atoms with Gasteiger partial charge in [0.15, 0.2) is 0 Å². The van der Waals surface area contributed by atoms with Gasteiger partial charge < -0.3 is 15.7 Å². The van der Waals surface area contributed by atoms with Crippen molar-refractivity contribution in [2.24, 2.45) is 0 Å². The van der Waals surface area contributed by atoms with Gasteiger partial charge in [0.1, 0.15) is 5.75 Å². The molecule has 0 spiro atoms. The van der Waals surface area contributed by atoms with Gasteiger partial charge in [0.2, 0.25) is 0 Å². The van der Waals surface area contributed by atoms with Crippen molar-refractivity contribution < 1.29 is 5.11 Å². The number of phenolic OH excluding ortho intramolecular Hbond substituents is 1. The number of hydrogen-bond donors (Lipinski definition) is 3. The van der Waals surface area contributed by atoms with E-state index in [0.29, 0.717) is 5.75 Å². The van der Waals surface area contributed by atoms with Crippen LogP contribution in [0.4, 0.5) is 0 Å². The van der Waals surface area contributed by atoms with Crippen molar-refractivity contribution in [3.8, 4) is 5.75 Å². The second-order valence-electron chi connectivity index (χ2n) is 3.27. The Kier molecular flexibility index (Phi) is 7.17. The molecule has 1 aromatic carbocycles. The van der Waals surface area contributed by atoms with Gasteiger partial charge in [0.25, 0.3) is 0 Å². The molecule has 1 heterocycles. The number of aromatic hydroxyl groups is 1. The molecule has 0 amide bonds. The molecule has 0 bridgehead atoms. The molecule has 5 heteroatoms. The average molecular weight is 340 g/mol. The maximum atomic E-state index is 9.59. The van der Waals surface area contributed by atoms with E-state index in [-0.39, 0.29) is 40.0 Å². The molecule has 1 aromatic rings. The summed E-state index contributed by atoms with van der Waals surface area (Å²) in [5.41, 5.74) is 0.981. The minimum Gasteiger partial charge on any atom is -0.508 e. The summed E-state index contributed by atoms with van der Waals surface area (Å²) in [6, 6.07) is 7.72. The van der Waals surface area contributed by atoms with Crippen LogP contribution < -0.4 is 10.6 Å². The Balaban J connectivity index is 0.000000980. The number of piperazine rings is 1. The van der Waals surface area contributed by atoms with Crippen molar-refractivity contribution in [1.29, 1.82) is 0 Å². The second-order valence-corrected chi connectivity index (χ2v) is 3.27.